The third-order valence-electron chi connectivity index (χ3n) is 4.76. The number of anilines is 2. The molecule has 31 heavy (non-hydrogen) atoms. The van der Waals surface area contributed by atoms with Crippen molar-refractivity contribution in [3.63, 3.8) is 0 Å². The van der Waals surface area contributed by atoms with E-state index in [4.69, 9.17) is 25.8 Å². The summed E-state index contributed by atoms with van der Waals surface area (Å²) in [6.45, 7) is 3.64. The van der Waals surface area contributed by atoms with Crippen LogP contribution < -0.4 is 14.8 Å². The third kappa shape index (κ3) is 4.26. The molecule has 1 fully saturated rings. The number of aromatic amines is 1. The molecule has 3 aromatic rings. The van der Waals surface area contributed by atoms with Crippen LogP contribution in [0.3, 0.4) is 0 Å². The Kier molecular flexibility index (Phi) is 6.19. The third-order valence-corrected chi connectivity index (χ3v) is 6.95. The van der Waals surface area contributed by atoms with Gasteiger partial charge < -0.3 is 24.5 Å². The van der Waals surface area contributed by atoms with Gasteiger partial charge in [-0.1, -0.05) is 11.6 Å². The van der Waals surface area contributed by atoms with Crippen molar-refractivity contribution in [2.75, 3.05) is 45.3 Å². The molecule has 3 heterocycles. The monoisotopic (exact) mass is 467 g/mol. The molecule has 1 saturated heterocycles. The van der Waals surface area contributed by atoms with Gasteiger partial charge in [-0.25, -0.2) is 8.42 Å². The number of fused-ring (bicyclic) bond motifs is 1. The molecular weight excluding hydrogens is 446 g/mol. The highest BCUT2D eigenvalue weighted by Crippen LogP contribution is 2.34. The van der Waals surface area contributed by atoms with Crippen LogP contribution in [0.15, 0.2) is 29.3 Å². The van der Waals surface area contributed by atoms with Crippen molar-refractivity contribution < 1.29 is 22.6 Å². The van der Waals surface area contributed by atoms with Crippen molar-refractivity contribution in [3.8, 4) is 11.6 Å². The van der Waals surface area contributed by atoms with Gasteiger partial charge in [0.15, 0.2) is 0 Å². The van der Waals surface area contributed by atoms with Crippen LogP contribution in [0.2, 0.25) is 5.02 Å². The molecule has 0 unspecified atom stereocenters. The van der Waals surface area contributed by atoms with Crippen LogP contribution in [0.5, 0.6) is 11.6 Å². The van der Waals surface area contributed by atoms with Crippen LogP contribution in [0, 0.1) is 0 Å². The first-order valence-electron chi connectivity index (χ1n) is 9.64. The van der Waals surface area contributed by atoms with E-state index in [0.29, 0.717) is 66.3 Å². The summed E-state index contributed by atoms with van der Waals surface area (Å²) < 4.78 is 43.5. The summed E-state index contributed by atoms with van der Waals surface area (Å²) in [5, 5.41) is 4.11. The first-order chi connectivity index (χ1) is 14.9. The molecule has 0 atom stereocenters. The van der Waals surface area contributed by atoms with Crippen molar-refractivity contribution in [1.82, 2.24) is 19.3 Å². The maximum atomic E-state index is 12.9. The van der Waals surface area contributed by atoms with Gasteiger partial charge in [0.2, 0.25) is 21.9 Å². The SMILES string of the molecule is CCOc1nc(Nc2ccc(S(=O)(=O)N3CCOCC3)cc2OC)nc2[nH]cc(Cl)c12. The zero-order valence-corrected chi connectivity index (χ0v) is 18.6. The lowest BCUT2D eigenvalue weighted by Gasteiger charge is -2.26. The van der Waals surface area contributed by atoms with Crippen LogP contribution in [0.25, 0.3) is 11.0 Å². The highest BCUT2D eigenvalue weighted by Gasteiger charge is 2.27. The van der Waals surface area contributed by atoms with Gasteiger partial charge in [-0.05, 0) is 19.1 Å². The fourth-order valence-electron chi connectivity index (χ4n) is 3.25. The lowest BCUT2D eigenvalue weighted by atomic mass is 10.3. The number of methoxy groups -OCH3 is 1. The molecule has 2 N–H and O–H groups in total. The number of halogens is 1. The average molecular weight is 468 g/mol. The van der Waals surface area contributed by atoms with E-state index < -0.39 is 10.0 Å². The predicted molar refractivity (Wildman–Crippen MR) is 116 cm³/mol. The number of sulfonamides is 1. The number of morpholine rings is 1. The van der Waals surface area contributed by atoms with E-state index in [1.807, 2.05) is 6.92 Å². The summed E-state index contributed by atoms with van der Waals surface area (Å²) in [6, 6.07) is 4.60. The Morgan fingerprint density at radius 2 is 2.06 bits per heavy atom. The molecule has 0 spiro atoms. The largest absolute Gasteiger partial charge is 0.495 e. The van der Waals surface area contributed by atoms with Gasteiger partial charge in [-0.2, -0.15) is 14.3 Å². The Bertz CT molecular complexity index is 1190. The molecule has 2 aromatic heterocycles. The van der Waals surface area contributed by atoms with E-state index in [2.05, 4.69) is 20.3 Å². The second kappa shape index (κ2) is 8.87. The molecular formula is C19H22ClN5O5S. The summed E-state index contributed by atoms with van der Waals surface area (Å²) in [4.78, 5) is 11.9. The van der Waals surface area contributed by atoms with Crippen molar-refractivity contribution in [3.05, 3.63) is 29.4 Å². The van der Waals surface area contributed by atoms with Crippen molar-refractivity contribution >= 4 is 44.3 Å². The highest BCUT2D eigenvalue weighted by molar-refractivity contribution is 7.89. The minimum Gasteiger partial charge on any atom is -0.495 e. The van der Waals surface area contributed by atoms with Gasteiger partial charge in [-0.15, -0.1) is 0 Å². The lowest BCUT2D eigenvalue weighted by molar-refractivity contribution is 0.0730. The number of rotatable bonds is 7. The van der Waals surface area contributed by atoms with Crippen molar-refractivity contribution in [2.45, 2.75) is 11.8 Å². The van der Waals surface area contributed by atoms with Gasteiger partial charge >= 0.3 is 0 Å². The zero-order chi connectivity index (χ0) is 22.0. The van der Waals surface area contributed by atoms with E-state index in [9.17, 15) is 8.42 Å². The van der Waals surface area contributed by atoms with Crippen LogP contribution in [0.4, 0.5) is 11.6 Å². The first kappa shape index (κ1) is 21.6. The van der Waals surface area contributed by atoms with E-state index in [1.165, 1.54) is 23.5 Å². The Labute approximate surface area is 184 Å². The number of nitrogens with zero attached hydrogens (tertiary/aromatic N) is 3. The van der Waals surface area contributed by atoms with Gasteiger partial charge in [-0.3, -0.25) is 0 Å². The number of nitrogens with one attached hydrogen (secondary N) is 2. The normalized spacial score (nSPS) is 15.2. The summed E-state index contributed by atoms with van der Waals surface area (Å²) in [5.41, 5.74) is 1.01. The van der Waals surface area contributed by atoms with Crippen molar-refractivity contribution in [1.29, 1.82) is 0 Å². The van der Waals surface area contributed by atoms with E-state index in [0.717, 1.165) is 0 Å². The topological polar surface area (TPSA) is 119 Å². The van der Waals surface area contributed by atoms with Gasteiger partial charge in [0.05, 0.1) is 47.9 Å². The number of aromatic nitrogens is 3. The van der Waals surface area contributed by atoms with Gasteiger partial charge in [0.1, 0.15) is 11.4 Å². The molecule has 4 rings (SSSR count). The Hall–Kier alpha value is -2.60. The molecule has 0 saturated carbocycles. The van der Waals surface area contributed by atoms with Gasteiger partial charge in [0.25, 0.3) is 0 Å². The number of ether oxygens (including phenoxy) is 3. The van der Waals surface area contributed by atoms with E-state index in [-0.39, 0.29) is 10.8 Å². The Morgan fingerprint density at radius 1 is 1.29 bits per heavy atom. The summed E-state index contributed by atoms with van der Waals surface area (Å²) in [5.74, 6) is 0.920. The van der Waals surface area contributed by atoms with Crippen molar-refractivity contribution in [2.24, 2.45) is 0 Å². The highest BCUT2D eigenvalue weighted by atomic mass is 35.5. The minimum absolute atomic E-state index is 0.138. The fourth-order valence-corrected chi connectivity index (χ4v) is 4.90. The summed E-state index contributed by atoms with van der Waals surface area (Å²) in [7, 11) is -2.19. The second-order valence-corrected chi connectivity index (χ2v) is 8.99. The maximum Gasteiger partial charge on any atom is 0.243 e. The first-order valence-corrected chi connectivity index (χ1v) is 11.5. The molecule has 12 heteroatoms. The van der Waals surface area contributed by atoms with E-state index >= 15 is 0 Å². The molecule has 0 radical (unpaired) electrons. The quantitative estimate of drug-likeness (QED) is 0.544. The van der Waals surface area contributed by atoms with Crippen LogP contribution in [-0.4, -0.2) is 67.7 Å². The molecule has 0 bridgehead atoms. The minimum atomic E-state index is -3.65. The molecule has 0 aliphatic carbocycles. The standard InChI is InChI=1S/C19H22ClN5O5S/c1-3-30-18-16-13(20)11-21-17(16)23-19(24-18)22-14-5-4-12(10-15(14)28-2)31(26,27)25-6-8-29-9-7-25/h4-5,10-11H,3,6-9H2,1-2H3,(H2,21,22,23,24). The maximum absolute atomic E-state index is 12.9. The number of hydrogen-bond acceptors (Lipinski definition) is 8. The fraction of sp³-hybridized carbons (Fsp3) is 0.368. The van der Waals surface area contributed by atoms with Crippen LogP contribution in [0.1, 0.15) is 6.92 Å². The summed E-state index contributed by atoms with van der Waals surface area (Å²) >= 11 is 6.20. The second-order valence-electron chi connectivity index (χ2n) is 6.65. The number of benzene rings is 1. The Morgan fingerprint density at radius 3 is 2.77 bits per heavy atom. The number of H-pyrrole nitrogens is 1. The smallest absolute Gasteiger partial charge is 0.243 e. The van der Waals surface area contributed by atoms with Gasteiger partial charge in [0, 0.05) is 25.4 Å². The molecule has 0 amide bonds. The molecule has 166 valence electrons. The Balaban J connectivity index is 1.66. The average Bonchev–Trinajstić information content (AvgIpc) is 3.15. The molecule has 1 aliphatic rings. The lowest BCUT2D eigenvalue weighted by Crippen LogP contribution is -2.40. The number of hydrogen-bond donors (Lipinski definition) is 2. The van der Waals surface area contributed by atoms with Crippen LogP contribution >= 0.6 is 11.6 Å². The van der Waals surface area contributed by atoms with E-state index in [1.54, 1.807) is 12.3 Å². The zero-order valence-electron chi connectivity index (χ0n) is 17.0. The predicted octanol–water partition coefficient (Wildman–Crippen LogP) is 2.78. The molecule has 10 nitrogen and oxygen atoms in total. The molecule has 1 aromatic carbocycles. The molecule has 1 aliphatic heterocycles. The summed E-state index contributed by atoms with van der Waals surface area (Å²) in [6.07, 6.45) is 1.61. The van der Waals surface area contributed by atoms with Crippen LogP contribution in [-0.2, 0) is 14.8 Å².